The van der Waals surface area contributed by atoms with Crippen LogP contribution in [-0.4, -0.2) is 6.04 Å². The Kier molecular flexibility index (Phi) is 3.36. The van der Waals surface area contributed by atoms with Crippen LogP contribution in [0.4, 0.5) is 0 Å². The fraction of sp³-hybridized carbons (Fsp3) is 0.529. The van der Waals surface area contributed by atoms with Gasteiger partial charge in [0.15, 0.2) is 0 Å². The molecule has 1 aliphatic carbocycles. The van der Waals surface area contributed by atoms with E-state index >= 15 is 0 Å². The zero-order valence-corrected chi connectivity index (χ0v) is 12.2. The smallest absolute Gasteiger partial charge is 0.134 e. The molecule has 19 heavy (non-hydrogen) atoms. The molecule has 2 heteroatoms. The van der Waals surface area contributed by atoms with Gasteiger partial charge >= 0.3 is 0 Å². The van der Waals surface area contributed by atoms with Gasteiger partial charge in [0, 0.05) is 17.0 Å². The van der Waals surface area contributed by atoms with Gasteiger partial charge in [-0.15, -0.1) is 0 Å². The molecule has 1 aromatic heterocycles. The molecule has 2 aromatic rings. The lowest BCUT2D eigenvalue weighted by molar-refractivity contribution is 0.505. The second kappa shape index (κ2) is 5.01. The van der Waals surface area contributed by atoms with Crippen molar-refractivity contribution in [3.05, 3.63) is 34.6 Å². The molecule has 1 fully saturated rings. The highest BCUT2D eigenvalue weighted by Gasteiger charge is 2.22. The van der Waals surface area contributed by atoms with Crippen molar-refractivity contribution in [3.63, 3.8) is 0 Å². The number of hydrogen-bond acceptors (Lipinski definition) is 2. The highest BCUT2D eigenvalue weighted by molar-refractivity contribution is 5.84. The number of aryl methyl sites for hydroxylation is 3. The van der Waals surface area contributed by atoms with E-state index in [4.69, 9.17) is 4.42 Å². The first-order chi connectivity index (χ1) is 9.19. The molecule has 1 aliphatic rings. The van der Waals surface area contributed by atoms with Gasteiger partial charge in [0.2, 0.25) is 0 Å². The van der Waals surface area contributed by atoms with Crippen molar-refractivity contribution in [1.82, 2.24) is 5.32 Å². The number of hydrogen-bond donors (Lipinski definition) is 1. The van der Waals surface area contributed by atoms with E-state index in [0.717, 1.165) is 36.8 Å². The summed E-state index contributed by atoms with van der Waals surface area (Å²) in [5.41, 5.74) is 5.13. The molecule has 0 unspecified atom stereocenters. The van der Waals surface area contributed by atoms with Crippen LogP contribution in [0.25, 0.3) is 11.0 Å². The summed E-state index contributed by atoms with van der Waals surface area (Å²) in [6, 6.07) is 5.20. The quantitative estimate of drug-likeness (QED) is 0.866. The van der Waals surface area contributed by atoms with Crippen molar-refractivity contribution in [2.75, 3.05) is 0 Å². The Bertz CT molecular complexity index is 593. The summed E-state index contributed by atoms with van der Waals surface area (Å²) >= 11 is 0. The maximum absolute atomic E-state index is 6.10. The van der Waals surface area contributed by atoms with Crippen molar-refractivity contribution in [2.24, 2.45) is 0 Å². The Hall–Kier alpha value is -1.28. The first kappa shape index (κ1) is 12.7. The lowest BCUT2D eigenvalue weighted by Gasteiger charge is -2.03. The van der Waals surface area contributed by atoms with Gasteiger partial charge in [-0.05, 0) is 56.4 Å². The first-order valence-corrected chi connectivity index (χ1v) is 7.44. The molecular weight excluding hydrogens is 234 g/mol. The topological polar surface area (TPSA) is 25.2 Å². The summed E-state index contributed by atoms with van der Waals surface area (Å²) in [4.78, 5) is 0. The van der Waals surface area contributed by atoms with Gasteiger partial charge in [-0.2, -0.15) is 0 Å². The molecule has 1 saturated carbocycles. The van der Waals surface area contributed by atoms with Crippen LogP contribution in [0.2, 0.25) is 0 Å². The molecule has 2 nitrogen and oxygen atoms in total. The van der Waals surface area contributed by atoms with Gasteiger partial charge < -0.3 is 9.73 Å². The number of fused-ring (bicyclic) bond motifs is 1. The molecule has 3 rings (SSSR count). The van der Waals surface area contributed by atoms with Crippen LogP contribution in [0.5, 0.6) is 0 Å². The van der Waals surface area contributed by atoms with Crippen LogP contribution >= 0.6 is 0 Å². The summed E-state index contributed by atoms with van der Waals surface area (Å²) in [6.45, 7) is 7.45. The lowest BCUT2D eigenvalue weighted by Crippen LogP contribution is -2.15. The maximum atomic E-state index is 6.10. The van der Waals surface area contributed by atoms with Crippen molar-refractivity contribution < 1.29 is 4.42 Å². The van der Waals surface area contributed by atoms with E-state index < -0.39 is 0 Å². The summed E-state index contributed by atoms with van der Waals surface area (Å²) in [5, 5.41) is 4.89. The summed E-state index contributed by atoms with van der Waals surface area (Å²) < 4.78 is 6.10. The van der Waals surface area contributed by atoms with Crippen LogP contribution in [0.1, 0.15) is 48.6 Å². The number of nitrogens with one attached hydrogen (secondary N) is 1. The number of benzene rings is 1. The molecule has 0 radical (unpaired) electrons. The highest BCUT2D eigenvalue weighted by atomic mass is 16.3. The molecule has 0 saturated heterocycles. The Balaban J connectivity index is 2.00. The second-order valence-electron chi connectivity index (χ2n) is 5.84. The summed E-state index contributed by atoms with van der Waals surface area (Å²) in [5.74, 6) is 1.15. The Morgan fingerprint density at radius 2 is 1.95 bits per heavy atom. The molecule has 102 valence electrons. The van der Waals surface area contributed by atoms with Crippen LogP contribution in [0, 0.1) is 13.8 Å². The van der Waals surface area contributed by atoms with Crippen molar-refractivity contribution in [2.45, 2.75) is 59.0 Å². The molecular formula is C17H23NO. The average Bonchev–Trinajstić information content (AvgIpc) is 3.15. The molecule has 0 aliphatic heterocycles. The van der Waals surface area contributed by atoms with Crippen molar-refractivity contribution >= 4 is 11.0 Å². The van der Waals surface area contributed by atoms with Crippen LogP contribution in [-0.2, 0) is 13.0 Å². The standard InChI is InChI=1S/C17H23NO/c1-4-5-14-15-8-11(2)12(3)9-16(15)19-17(14)10-18-13-6-7-13/h8-9,13,18H,4-7,10H2,1-3H3. The lowest BCUT2D eigenvalue weighted by atomic mass is 10.0. The third-order valence-corrected chi connectivity index (χ3v) is 4.12. The van der Waals surface area contributed by atoms with Gasteiger partial charge in [-0.25, -0.2) is 0 Å². The van der Waals surface area contributed by atoms with E-state index in [1.807, 2.05) is 0 Å². The largest absolute Gasteiger partial charge is 0.459 e. The average molecular weight is 257 g/mol. The zero-order chi connectivity index (χ0) is 13.4. The van der Waals surface area contributed by atoms with E-state index in [9.17, 15) is 0 Å². The molecule has 1 aromatic carbocycles. The summed E-state index contributed by atoms with van der Waals surface area (Å²) in [6.07, 6.45) is 4.91. The third kappa shape index (κ3) is 2.55. The van der Waals surface area contributed by atoms with E-state index in [-0.39, 0.29) is 0 Å². The normalized spacial score (nSPS) is 15.3. The van der Waals surface area contributed by atoms with Crippen LogP contribution in [0.15, 0.2) is 16.5 Å². The van der Waals surface area contributed by atoms with E-state index in [1.165, 1.54) is 34.9 Å². The fourth-order valence-electron chi connectivity index (χ4n) is 2.65. The van der Waals surface area contributed by atoms with Crippen molar-refractivity contribution in [1.29, 1.82) is 0 Å². The second-order valence-corrected chi connectivity index (χ2v) is 5.84. The first-order valence-electron chi connectivity index (χ1n) is 7.44. The summed E-state index contributed by atoms with van der Waals surface area (Å²) in [7, 11) is 0. The molecule has 0 atom stereocenters. The minimum Gasteiger partial charge on any atom is -0.459 e. The van der Waals surface area contributed by atoms with Gasteiger partial charge in [-0.1, -0.05) is 13.3 Å². The van der Waals surface area contributed by atoms with E-state index in [2.05, 4.69) is 38.2 Å². The predicted octanol–water partition coefficient (Wildman–Crippen LogP) is 4.25. The Morgan fingerprint density at radius 1 is 1.21 bits per heavy atom. The van der Waals surface area contributed by atoms with E-state index in [0.29, 0.717) is 0 Å². The van der Waals surface area contributed by atoms with Gasteiger partial charge in [-0.3, -0.25) is 0 Å². The third-order valence-electron chi connectivity index (χ3n) is 4.12. The van der Waals surface area contributed by atoms with Crippen LogP contribution < -0.4 is 5.32 Å². The van der Waals surface area contributed by atoms with E-state index in [1.54, 1.807) is 0 Å². The fourth-order valence-corrected chi connectivity index (χ4v) is 2.65. The maximum Gasteiger partial charge on any atom is 0.134 e. The molecule has 1 heterocycles. The molecule has 0 amide bonds. The molecule has 0 spiro atoms. The number of furan rings is 1. The zero-order valence-electron chi connectivity index (χ0n) is 12.2. The van der Waals surface area contributed by atoms with Crippen LogP contribution in [0.3, 0.4) is 0 Å². The highest BCUT2D eigenvalue weighted by Crippen LogP contribution is 2.30. The molecule has 1 N–H and O–H groups in total. The SMILES string of the molecule is CCCc1c(CNC2CC2)oc2cc(C)c(C)cc12. The minimum atomic E-state index is 0.728. The predicted molar refractivity (Wildman–Crippen MR) is 79.5 cm³/mol. The Labute approximate surface area is 115 Å². The van der Waals surface area contributed by atoms with Gasteiger partial charge in [0.1, 0.15) is 11.3 Å². The van der Waals surface area contributed by atoms with Gasteiger partial charge in [0.05, 0.1) is 6.54 Å². The number of rotatable bonds is 5. The van der Waals surface area contributed by atoms with Crippen molar-refractivity contribution in [3.8, 4) is 0 Å². The monoisotopic (exact) mass is 257 g/mol. The molecule has 0 bridgehead atoms. The minimum absolute atomic E-state index is 0.728. The van der Waals surface area contributed by atoms with Gasteiger partial charge in [0.25, 0.3) is 0 Å². The Morgan fingerprint density at radius 3 is 2.63 bits per heavy atom.